The van der Waals surface area contributed by atoms with Crippen LogP contribution in [-0.4, -0.2) is 27.6 Å². The average Bonchev–Trinajstić information content (AvgIpc) is 3.00. The molecule has 0 fully saturated rings. The lowest BCUT2D eigenvalue weighted by atomic mass is 9.91. The molecular formula is C24H24ClFN2O3. The van der Waals surface area contributed by atoms with Crippen molar-refractivity contribution < 1.29 is 19.1 Å². The first-order valence-corrected chi connectivity index (χ1v) is 10.8. The van der Waals surface area contributed by atoms with E-state index >= 15 is 0 Å². The Morgan fingerprint density at radius 2 is 2.06 bits per heavy atom. The molecule has 162 valence electrons. The first kappa shape index (κ1) is 21.4. The fourth-order valence-corrected chi connectivity index (χ4v) is 4.88. The molecule has 4 rings (SSSR count). The molecule has 2 aromatic carbocycles. The zero-order valence-corrected chi connectivity index (χ0v) is 18.0. The molecule has 1 aliphatic rings. The van der Waals surface area contributed by atoms with Gasteiger partial charge in [-0.15, -0.1) is 0 Å². The Morgan fingerprint density at radius 3 is 2.81 bits per heavy atom. The van der Waals surface area contributed by atoms with Gasteiger partial charge in [0.2, 0.25) is 5.91 Å². The highest BCUT2D eigenvalue weighted by atomic mass is 35.5. The molecule has 1 unspecified atom stereocenters. The fraction of sp³-hybridized carbons (Fsp3) is 0.333. The summed E-state index contributed by atoms with van der Waals surface area (Å²) in [5.41, 5.74) is 4.60. The molecule has 0 radical (unpaired) electrons. The SMILES string of the molecule is Cc1ccccc1CCC(=O)NC1CCc2c(c3cc(F)cc(Cl)c3n2CC(=O)O)C1. The van der Waals surface area contributed by atoms with Gasteiger partial charge in [-0.3, -0.25) is 9.59 Å². The normalized spacial score (nSPS) is 15.6. The van der Waals surface area contributed by atoms with Crippen LogP contribution in [0.15, 0.2) is 36.4 Å². The van der Waals surface area contributed by atoms with Gasteiger partial charge in [0, 0.05) is 23.5 Å². The van der Waals surface area contributed by atoms with Crippen molar-refractivity contribution in [3.63, 3.8) is 0 Å². The van der Waals surface area contributed by atoms with E-state index in [4.69, 9.17) is 11.6 Å². The van der Waals surface area contributed by atoms with E-state index < -0.39 is 11.8 Å². The molecule has 0 saturated heterocycles. The average molecular weight is 443 g/mol. The summed E-state index contributed by atoms with van der Waals surface area (Å²) in [6.45, 7) is 1.80. The molecule has 5 nitrogen and oxygen atoms in total. The summed E-state index contributed by atoms with van der Waals surface area (Å²) >= 11 is 6.28. The van der Waals surface area contributed by atoms with Gasteiger partial charge in [-0.1, -0.05) is 35.9 Å². The maximum absolute atomic E-state index is 14.1. The number of aliphatic carboxylic acids is 1. The maximum Gasteiger partial charge on any atom is 0.323 e. The summed E-state index contributed by atoms with van der Waals surface area (Å²) in [5, 5.41) is 13.3. The third-order valence-electron chi connectivity index (χ3n) is 6.02. The molecule has 0 aliphatic heterocycles. The van der Waals surface area contributed by atoms with E-state index in [9.17, 15) is 19.1 Å². The minimum Gasteiger partial charge on any atom is -0.480 e. The van der Waals surface area contributed by atoms with Crippen LogP contribution in [-0.2, 0) is 35.4 Å². The van der Waals surface area contributed by atoms with Crippen molar-refractivity contribution in [2.75, 3.05) is 0 Å². The van der Waals surface area contributed by atoms with Crippen LogP contribution in [0.1, 0.15) is 35.2 Å². The van der Waals surface area contributed by atoms with E-state index in [1.54, 1.807) is 4.57 Å². The van der Waals surface area contributed by atoms with Gasteiger partial charge in [0.25, 0.3) is 0 Å². The summed E-state index contributed by atoms with van der Waals surface area (Å²) in [7, 11) is 0. The molecule has 1 heterocycles. The molecule has 0 saturated carbocycles. The molecule has 0 bridgehead atoms. The first-order valence-electron chi connectivity index (χ1n) is 10.4. The number of carboxylic acids is 1. The van der Waals surface area contributed by atoms with Crippen molar-refractivity contribution in [1.82, 2.24) is 9.88 Å². The standard InChI is InChI=1S/C24H24ClFN2O3/c1-14-4-2-3-5-15(14)6-9-22(29)27-17-7-8-21-18(12-17)19-10-16(26)11-20(25)24(19)28(21)13-23(30)31/h2-5,10-11,17H,6-9,12-13H2,1H3,(H,27,29)(H,30,31). The topological polar surface area (TPSA) is 71.3 Å². The molecule has 7 heteroatoms. The summed E-state index contributed by atoms with van der Waals surface area (Å²) in [6, 6.07) is 10.6. The zero-order chi connectivity index (χ0) is 22.1. The largest absolute Gasteiger partial charge is 0.480 e. The van der Waals surface area contributed by atoms with E-state index in [0.29, 0.717) is 43.0 Å². The lowest BCUT2D eigenvalue weighted by Gasteiger charge is -2.25. The van der Waals surface area contributed by atoms with Crippen molar-refractivity contribution in [2.24, 2.45) is 0 Å². The Morgan fingerprint density at radius 1 is 1.29 bits per heavy atom. The monoisotopic (exact) mass is 442 g/mol. The van der Waals surface area contributed by atoms with Crippen molar-refractivity contribution in [3.8, 4) is 0 Å². The predicted octanol–water partition coefficient (Wildman–Crippen LogP) is 4.43. The quantitative estimate of drug-likeness (QED) is 0.593. The Hall–Kier alpha value is -2.86. The summed E-state index contributed by atoms with van der Waals surface area (Å²) < 4.78 is 15.7. The Labute approximate surface area is 184 Å². The van der Waals surface area contributed by atoms with E-state index in [1.807, 2.05) is 31.2 Å². The Balaban J connectivity index is 1.53. The van der Waals surface area contributed by atoms with Gasteiger partial charge in [-0.25, -0.2) is 4.39 Å². The zero-order valence-electron chi connectivity index (χ0n) is 17.3. The molecule has 1 amide bonds. The van der Waals surface area contributed by atoms with Crippen LogP contribution >= 0.6 is 11.6 Å². The third-order valence-corrected chi connectivity index (χ3v) is 6.31. The van der Waals surface area contributed by atoms with Crippen LogP contribution in [0.5, 0.6) is 0 Å². The van der Waals surface area contributed by atoms with E-state index in [-0.39, 0.29) is 23.5 Å². The number of aromatic nitrogens is 1. The summed E-state index contributed by atoms with van der Waals surface area (Å²) in [5.74, 6) is -1.46. The number of carboxylic acid groups (broad SMARTS) is 1. The summed E-state index contributed by atoms with van der Waals surface area (Å²) in [6.07, 6.45) is 2.89. The van der Waals surface area contributed by atoms with Gasteiger partial charge in [0.05, 0.1) is 10.5 Å². The Kier molecular flexibility index (Phi) is 6.01. The van der Waals surface area contributed by atoms with Gasteiger partial charge in [0.15, 0.2) is 0 Å². The fourth-order valence-electron chi connectivity index (χ4n) is 4.57. The van der Waals surface area contributed by atoms with Gasteiger partial charge in [0.1, 0.15) is 12.4 Å². The number of fused-ring (bicyclic) bond motifs is 3. The summed E-state index contributed by atoms with van der Waals surface area (Å²) in [4.78, 5) is 24.0. The molecule has 1 atom stereocenters. The van der Waals surface area contributed by atoms with Crippen LogP contribution in [0.4, 0.5) is 4.39 Å². The second kappa shape index (κ2) is 8.71. The van der Waals surface area contributed by atoms with Gasteiger partial charge >= 0.3 is 5.97 Å². The van der Waals surface area contributed by atoms with Gasteiger partial charge in [-0.2, -0.15) is 0 Å². The predicted molar refractivity (Wildman–Crippen MR) is 118 cm³/mol. The van der Waals surface area contributed by atoms with Crippen molar-refractivity contribution in [3.05, 3.63) is 69.6 Å². The van der Waals surface area contributed by atoms with E-state index in [0.717, 1.165) is 16.8 Å². The van der Waals surface area contributed by atoms with Crippen LogP contribution in [0.25, 0.3) is 10.9 Å². The second-order valence-electron chi connectivity index (χ2n) is 8.12. The molecule has 1 aliphatic carbocycles. The number of amides is 1. The lowest BCUT2D eigenvalue weighted by molar-refractivity contribution is -0.137. The van der Waals surface area contributed by atoms with Gasteiger partial charge in [-0.05, 0) is 61.4 Å². The van der Waals surface area contributed by atoms with E-state index in [2.05, 4.69) is 5.32 Å². The highest BCUT2D eigenvalue weighted by molar-refractivity contribution is 6.35. The van der Waals surface area contributed by atoms with Crippen molar-refractivity contribution in [1.29, 1.82) is 0 Å². The maximum atomic E-state index is 14.1. The van der Waals surface area contributed by atoms with E-state index in [1.165, 1.54) is 17.7 Å². The highest BCUT2D eigenvalue weighted by Crippen LogP contribution is 2.36. The van der Waals surface area contributed by atoms with Crippen molar-refractivity contribution >= 4 is 34.4 Å². The highest BCUT2D eigenvalue weighted by Gasteiger charge is 2.28. The number of aryl methyl sites for hydroxylation is 2. The van der Waals surface area contributed by atoms with Gasteiger partial charge < -0.3 is 15.0 Å². The minimum absolute atomic E-state index is 0.0183. The third kappa shape index (κ3) is 4.44. The number of halogens is 2. The number of rotatable bonds is 6. The van der Waals surface area contributed by atoms with Crippen LogP contribution in [0.3, 0.4) is 0 Å². The number of nitrogens with zero attached hydrogens (tertiary/aromatic N) is 1. The molecule has 3 aromatic rings. The number of carbonyl (C=O) groups is 2. The van der Waals surface area contributed by atoms with Crippen molar-refractivity contribution in [2.45, 2.75) is 51.6 Å². The number of hydrogen-bond donors (Lipinski definition) is 2. The molecule has 0 spiro atoms. The number of benzene rings is 2. The van der Waals surface area contributed by atoms with Crippen LogP contribution in [0, 0.1) is 12.7 Å². The van der Waals surface area contributed by atoms with Crippen LogP contribution in [0.2, 0.25) is 5.02 Å². The molecular weight excluding hydrogens is 419 g/mol. The number of hydrogen-bond acceptors (Lipinski definition) is 2. The Bertz CT molecular complexity index is 1170. The molecule has 31 heavy (non-hydrogen) atoms. The smallest absolute Gasteiger partial charge is 0.323 e. The first-order chi connectivity index (χ1) is 14.8. The second-order valence-corrected chi connectivity index (χ2v) is 8.53. The minimum atomic E-state index is -0.980. The number of carbonyl (C=O) groups excluding carboxylic acids is 1. The number of nitrogens with one attached hydrogen (secondary N) is 1. The lowest BCUT2D eigenvalue weighted by Crippen LogP contribution is -2.39. The molecule has 2 N–H and O–H groups in total. The van der Waals surface area contributed by atoms with Crippen LogP contribution < -0.4 is 5.32 Å². The molecule has 1 aromatic heterocycles.